The van der Waals surface area contributed by atoms with E-state index in [0.717, 1.165) is 12.8 Å². The van der Waals surface area contributed by atoms with Gasteiger partial charge in [0.2, 0.25) is 0 Å². The molecular formula is C16H20Cl2O4. The Morgan fingerprint density at radius 3 is 2.55 bits per heavy atom. The van der Waals surface area contributed by atoms with Gasteiger partial charge in [0.15, 0.2) is 5.75 Å². The topological polar surface area (TPSA) is 52.6 Å². The van der Waals surface area contributed by atoms with Gasteiger partial charge in [-0.25, -0.2) is 0 Å². The average molecular weight is 347 g/mol. The van der Waals surface area contributed by atoms with E-state index in [9.17, 15) is 9.59 Å². The zero-order chi connectivity index (χ0) is 16.5. The summed E-state index contributed by atoms with van der Waals surface area (Å²) in [5.74, 6) is -0.536. The summed E-state index contributed by atoms with van der Waals surface area (Å²) in [4.78, 5) is 23.3. The minimum atomic E-state index is -0.460. The van der Waals surface area contributed by atoms with Gasteiger partial charge in [-0.15, -0.1) is 0 Å². The highest BCUT2D eigenvalue weighted by Gasteiger charge is 2.13. The Labute approximate surface area is 140 Å². The maximum Gasteiger partial charge on any atom is 0.311 e. The Kier molecular flexibility index (Phi) is 8.28. The van der Waals surface area contributed by atoms with Crippen LogP contribution in [0.15, 0.2) is 18.2 Å². The Morgan fingerprint density at radius 1 is 1.18 bits per heavy atom. The lowest BCUT2D eigenvalue weighted by Crippen LogP contribution is -2.15. The van der Waals surface area contributed by atoms with Crippen molar-refractivity contribution in [3.63, 3.8) is 0 Å². The zero-order valence-corrected chi connectivity index (χ0v) is 14.2. The molecular weight excluding hydrogens is 327 g/mol. The number of carbonyl (C=O) groups excluding carboxylic acids is 2. The number of esters is 2. The summed E-state index contributed by atoms with van der Waals surface area (Å²) in [6.07, 6.45) is 2.37. The van der Waals surface area contributed by atoms with Crippen LogP contribution < -0.4 is 4.74 Å². The van der Waals surface area contributed by atoms with E-state index in [1.807, 2.05) is 13.8 Å². The van der Waals surface area contributed by atoms with Gasteiger partial charge in [-0.05, 0) is 31.9 Å². The van der Waals surface area contributed by atoms with Crippen molar-refractivity contribution >= 4 is 35.1 Å². The van der Waals surface area contributed by atoms with Gasteiger partial charge in [0.25, 0.3) is 0 Å². The molecule has 0 saturated heterocycles. The minimum Gasteiger partial charge on any atom is -0.463 e. The second-order valence-electron chi connectivity index (χ2n) is 4.97. The molecule has 0 saturated carbocycles. The number of hydrogen-bond donors (Lipinski definition) is 0. The fourth-order valence-corrected chi connectivity index (χ4v) is 2.19. The lowest BCUT2D eigenvalue weighted by atomic mass is 10.2. The van der Waals surface area contributed by atoms with Crippen LogP contribution in [-0.4, -0.2) is 18.0 Å². The van der Waals surface area contributed by atoms with Crippen molar-refractivity contribution in [2.45, 2.75) is 52.1 Å². The second kappa shape index (κ2) is 9.70. The molecule has 0 aromatic heterocycles. The van der Waals surface area contributed by atoms with Crippen molar-refractivity contribution < 1.29 is 19.1 Å². The van der Waals surface area contributed by atoms with E-state index in [1.165, 1.54) is 0 Å². The molecule has 22 heavy (non-hydrogen) atoms. The zero-order valence-electron chi connectivity index (χ0n) is 12.7. The molecule has 1 aromatic rings. The van der Waals surface area contributed by atoms with Gasteiger partial charge < -0.3 is 9.47 Å². The lowest BCUT2D eigenvalue weighted by Gasteiger charge is -2.11. The Morgan fingerprint density at radius 2 is 1.86 bits per heavy atom. The number of ether oxygens (including phenoxy) is 2. The van der Waals surface area contributed by atoms with Crippen molar-refractivity contribution in [1.29, 1.82) is 0 Å². The van der Waals surface area contributed by atoms with Crippen molar-refractivity contribution in [3.8, 4) is 5.75 Å². The van der Waals surface area contributed by atoms with E-state index < -0.39 is 5.97 Å². The predicted octanol–water partition coefficient (Wildman–Crippen LogP) is 4.80. The molecule has 0 N–H and O–H groups in total. The van der Waals surface area contributed by atoms with E-state index in [0.29, 0.717) is 11.4 Å². The van der Waals surface area contributed by atoms with Crippen LogP contribution in [0.3, 0.4) is 0 Å². The summed E-state index contributed by atoms with van der Waals surface area (Å²) < 4.78 is 10.3. The lowest BCUT2D eigenvalue weighted by molar-refractivity contribution is -0.148. The minimum absolute atomic E-state index is 0.0882. The van der Waals surface area contributed by atoms with Gasteiger partial charge in [-0.2, -0.15) is 0 Å². The third kappa shape index (κ3) is 6.67. The van der Waals surface area contributed by atoms with E-state index in [1.54, 1.807) is 18.2 Å². The molecule has 122 valence electrons. The SMILES string of the molecule is CCCC(C)OC(=O)CCCC(=O)Oc1cccc(Cl)c1Cl. The molecule has 0 aliphatic carbocycles. The average Bonchev–Trinajstić information content (AvgIpc) is 2.44. The molecule has 0 aliphatic heterocycles. The molecule has 4 nitrogen and oxygen atoms in total. The third-order valence-electron chi connectivity index (χ3n) is 2.93. The number of hydrogen-bond acceptors (Lipinski definition) is 4. The van der Waals surface area contributed by atoms with E-state index in [4.69, 9.17) is 32.7 Å². The summed E-state index contributed by atoms with van der Waals surface area (Å²) >= 11 is 11.8. The Balaban J connectivity index is 2.32. The summed E-state index contributed by atoms with van der Waals surface area (Å²) in [5.41, 5.74) is 0. The van der Waals surface area contributed by atoms with Crippen LogP contribution in [0.4, 0.5) is 0 Å². The van der Waals surface area contributed by atoms with Gasteiger partial charge in [0.05, 0.1) is 11.1 Å². The van der Waals surface area contributed by atoms with Crippen molar-refractivity contribution in [2.75, 3.05) is 0 Å². The highest BCUT2D eigenvalue weighted by molar-refractivity contribution is 6.43. The molecule has 0 aliphatic rings. The molecule has 1 atom stereocenters. The monoisotopic (exact) mass is 346 g/mol. The summed E-state index contributed by atoms with van der Waals surface area (Å²) in [6, 6.07) is 4.81. The molecule has 1 unspecified atom stereocenters. The molecule has 0 spiro atoms. The molecule has 6 heteroatoms. The second-order valence-corrected chi connectivity index (χ2v) is 5.75. The van der Waals surface area contributed by atoms with Crippen LogP contribution in [0.2, 0.25) is 10.0 Å². The Hall–Kier alpha value is -1.26. The number of carbonyl (C=O) groups is 2. The van der Waals surface area contributed by atoms with E-state index in [-0.39, 0.29) is 35.7 Å². The fraction of sp³-hybridized carbons (Fsp3) is 0.500. The van der Waals surface area contributed by atoms with Gasteiger partial charge in [-0.1, -0.05) is 42.6 Å². The van der Waals surface area contributed by atoms with Crippen LogP contribution in [0.25, 0.3) is 0 Å². The van der Waals surface area contributed by atoms with Crippen molar-refractivity contribution in [2.24, 2.45) is 0 Å². The molecule has 0 fully saturated rings. The van der Waals surface area contributed by atoms with Gasteiger partial charge >= 0.3 is 11.9 Å². The molecule has 0 bridgehead atoms. The standard InChI is InChI=1S/C16H20Cl2O4/c1-3-6-11(2)21-14(19)9-5-10-15(20)22-13-8-4-7-12(17)16(13)18/h4,7-8,11H,3,5-6,9-10H2,1-2H3. The first kappa shape index (κ1) is 18.8. The van der Waals surface area contributed by atoms with Crippen LogP contribution in [0.5, 0.6) is 5.75 Å². The van der Waals surface area contributed by atoms with Crippen LogP contribution >= 0.6 is 23.2 Å². The first-order valence-electron chi connectivity index (χ1n) is 7.28. The highest BCUT2D eigenvalue weighted by atomic mass is 35.5. The maximum absolute atomic E-state index is 11.7. The summed E-state index contributed by atoms with van der Waals surface area (Å²) in [5, 5.41) is 0.519. The first-order chi connectivity index (χ1) is 10.4. The molecule has 0 radical (unpaired) electrons. The van der Waals surface area contributed by atoms with E-state index in [2.05, 4.69) is 0 Å². The van der Waals surface area contributed by atoms with Crippen LogP contribution in [0, 0.1) is 0 Å². The number of benzene rings is 1. The smallest absolute Gasteiger partial charge is 0.311 e. The van der Waals surface area contributed by atoms with Crippen LogP contribution in [0.1, 0.15) is 46.0 Å². The summed E-state index contributed by atoms with van der Waals surface area (Å²) in [7, 11) is 0. The third-order valence-corrected chi connectivity index (χ3v) is 3.73. The quantitative estimate of drug-likeness (QED) is 0.501. The Bertz CT molecular complexity index is 517. The molecule has 1 rings (SSSR count). The number of rotatable bonds is 8. The normalized spacial score (nSPS) is 11.8. The van der Waals surface area contributed by atoms with Gasteiger partial charge in [-0.3, -0.25) is 9.59 Å². The van der Waals surface area contributed by atoms with E-state index >= 15 is 0 Å². The van der Waals surface area contributed by atoms with Crippen LogP contribution in [-0.2, 0) is 14.3 Å². The molecule has 0 amide bonds. The van der Waals surface area contributed by atoms with Gasteiger partial charge in [0, 0.05) is 12.8 Å². The van der Waals surface area contributed by atoms with Gasteiger partial charge in [0.1, 0.15) is 5.02 Å². The van der Waals surface area contributed by atoms with Crippen molar-refractivity contribution in [3.05, 3.63) is 28.2 Å². The largest absolute Gasteiger partial charge is 0.463 e. The first-order valence-corrected chi connectivity index (χ1v) is 8.03. The molecule has 0 heterocycles. The predicted molar refractivity (Wildman–Crippen MR) is 86.4 cm³/mol. The number of halogens is 2. The fourth-order valence-electron chi connectivity index (χ4n) is 1.86. The highest BCUT2D eigenvalue weighted by Crippen LogP contribution is 2.31. The summed E-state index contributed by atoms with van der Waals surface area (Å²) in [6.45, 7) is 3.89. The van der Waals surface area contributed by atoms with Crippen molar-refractivity contribution in [1.82, 2.24) is 0 Å². The molecule has 1 aromatic carbocycles. The maximum atomic E-state index is 11.7.